The highest BCUT2D eigenvalue weighted by molar-refractivity contribution is 5.74. The van der Waals surface area contributed by atoms with Crippen molar-refractivity contribution in [3.63, 3.8) is 0 Å². The molecular formula is C47H80O3. The molecule has 3 atom stereocenters. The summed E-state index contributed by atoms with van der Waals surface area (Å²) >= 11 is 0. The van der Waals surface area contributed by atoms with Gasteiger partial charge in [0, 0.05) is 12.0 Å². The molecular weight excluding hydrogens is 613 g/mol. The lowest BCUT2D eigenvalue weighted by molar-refractivity contribution is -0.134. The molecule has 0 aliphatic carbocycles. The molecule has 0 saturated carbocycles. The van der Waals surface area contributed by atoms with Gasteiger partial charge in [-0.1, -0.05) is 142 Å². The van der Waals surface area contributed by atoms with Gasteiger partial charge in [-0.3, -0.25) is 4.79 Å². The van der Waals surface area contributed by atoms with Gasteiger partial charge in [0.05, 0.1) is 0 Å². The Morgan fingerprint density at radius 3 is 1.90 bits per heavy atom. The van der Waals surface area contributed by atoms with Crippen molar-refractivity contribution in [2.24, 2.45) is 17.8 Å². The van der Waals surface area contributed by atoms with Crippen LogP contribution in [0.15, 0.2) is 24.3 Å². The summed E-state index contributed by atoms with van der Waals surface area (Å²) in [6.45, 7) is 20.5. The molecule has 1 aromatic rings. The topological polar surface area (TPSA) is 35.5 Å². The second-order valence-corrected chi connectivity index (χ2v) is 16.9. The third-order valence-electron chi connectivity index (χ3n) is 11.4. The standard InChI is InChI=1S/C47H80O3/c1-10-11-12-13-14-15-16-17-18-19-20-21-22-23-24-33-44(48)49-45-40(6)41(7)46-43(42(45)8)34-36-47(9,50-46)35-27-32-39(5)31-26-30-38(4)29-25-28-37(2)3/h14-17,37-39H,10-13,18-36H2,1-9H3/b15-14-,17-16-. The first-order valence-electron chi connectivity index (χ1n) is 21.3. The number of hydrogen-bond acceptors (Lipinski definition) is 3. The third-order valence-corrected chi connectivity index (χ3v) is 11.4. The maximum atomic E-state index is 12.9. The van der Waals surface area contributed by atoms with Gasteiger partial charge in [-0.15, -0.1) is 0 Å². The predicted molar refractivity (Wildman–Crippen MR) is 218 cm³/mol. The minimum Gasteiger partial charge on any atom is -0.487 e. The summed E-state index contributed by atoms with van der Waals surface area (Å²) in [5.41, 5.74) is 4.38. The Labute approximate surface area is 310 Å². The van der Waals surface area contributed by atoms with Crippen molar-refractivity contribution in [3.05, 3.63) is 46.6 Å². The zero-order chi connectivity index (χ0) is 36.8. The molecule has 0 N–H and O–H groups in total. The van der Waals surface area contributed by atoms with E-state index in [0.717, 1.165) is 84.5 Å². The smallest absolute Gasteiger partial charge is 0.311 e. The molecule has 286 valence electrons. The summed E-state index contributed by atoms with van der Waals surface area (Å²) < 4.78 is 12.9. The molecule has 0 saturated heterocycles. The second-order valence-electron chi connectivity index (χ2n) is 16.9. The van der Waals surface area contributed by atoms with Crippen LogP contribution in [0.5, 0.6) is 11.5 Å². The van der Waals surface area contributed by atoms with E-state index < -0.39 is 0 Å². The van der Waals surface area contributed by atoms with Gasteiger partial charge in [0.15, 0.2) is 0 Å². The van der Waals surface area contributed by atoms with E-state index in [9.17, 15) is 4.79 Å². The van der Waals surface area contributed by atoms with Gasteiger partial charge in [-0.05, 0) is 120 Å². The second kappa shape index (κ2) is 25.0. The van der Waals surface area contributed by atoms with Gasteiger partial charge in [-0.25, -0.2) is 0 Å². The molecule has 1 aliphatic rings. The van der Waals surface area contributed by atoms with Crippen molar-refractivity contribution < 1.29 is 14.3 Å². The van der Waals surface area contributed by atoms with E-state index >= 15 is 0 Å². The van der Waals surface area contributed by atoms with Crippen molar-refractivity contribution in [1.82, 2.24) is 0 Å². The van der Waals surface area contributed by atoms with Gasteiger partial charge < -0.3 is 9.47 Å². The highest BCUT2D eigenvalue weighted by atomic mass is 16.5. The Morgan fingerprint density at radius 1 is 0.720 bits per heavy atom. The van der Waals surface area contributed by atoms with Crippen LogP contribution in [0.25, 0.3) is 0 Å². The molecule has 0 radical (unpaired) electrons. The lowest BCUT2D eigenvalue weighted by Gasteiger charge is -2.38. The van der Waals surface area contributed by atoms with Gasteiger partial charge in [-0.2, -0.15) is 0 Å². The largest absolute Gasteiger partial charge is 0.487 e. The van der Waals surface area contributed by atoms with Gasteiger partial charge in [0.1, 0.15) is 17.1 Å². The molecule has 3 unspecified atom stereocenters. The van der Waals surface area contributed by atoms with E-state index in [4.69, 9.17) is 9.47 Å². The van der Waals surface area contributed by atoms with Crippen molar-refractivity contribution in [2.75, 3.05) is 0 Å². The molecule has 1 heterocycles. The molecule has 0 aromatic heterocycles. The fourth-order valence-electron chi connectivity index (χ4n) is 7.68. The van der Waals surface area contributed by atoms with Crippen LogP contribution in [0.2, 0.25) is 0 Å². The third kappa shape index (κ3) is 17.5. The summed E-state index contributed by atoms with van der Waals surface area (Å²) in [6, 6.07) is 0. The summed E-state index contributed by atoms with van der Waals surface area (Å²) in [4.78, 5) is 12.9. The first kappa shape index (κ1) is 44.1. The van der Waals surface area contributed by atoms with Crippen molar-refractivity contribution in [1.29, 1.82) is 0 Å². The van der Waals surface area contributed by atoms with Gasteiger partial charge >= 0.3 is 5.97 Å². The lowest BCUT2D eigenvalue weighted by atomic mass is 9.83. The SMILES string of the molecule is CCCCC/C=C\C=C/CCCCCCCCC(=O)Oc1c(C)c(C)c2c(c1C)CCC(C)(CCCC(C)CCCC(C)CCCC(C)C)O2. The maximum Gasteiger partial charge on any atom is 0.311 e. The maximum absolute atomic E-state index is 12.9. The quantitative estimate of drug-likeness (QED) is 0.0398. The van der Waals surface area contributed by atoms with Crippen LogP contribution in [0, 0.1) is 38.5 Å². The zero-order valence-electron chi connectivity index (χ0n) is 34.5. The lowest BCUT2D eigenvalue weighted by Crippen LogP contribution is -2.37. The minimum atomic E-state index is -0.124. The molecule has 3 heteroatoms. The summed E-state index contributed by atoms with van der Waals surface area (Å²) in [5, 5.41) is 0. The Balaban J connectivity index is 1.70. The van der Waals surface area contributed by atoms with E-state index in [1.54, 1.807) is 0 Å². The average molecular weight is 693 g/mol. The predicted octanol–water partition coefficient (Wildman–Crippen LogP) is 14.9. The number of fused-ring (bicyclic) bond motifs is 1. The van der Waals surface area contributed by atoms with Crippen LogP contribution in [0.3, 0.4) is 0 Å². The molecule has 50 heavy (non-hydrogen) atoms. The van der Waals surface area contributed by atoms with Crippen LogP contribution < -0.4 is 9.47 Å². The number of hydrogen-bond donors (Lipinski definition) is 0. The molecule has 0 spiro atoms. The molecule has 2 rings (SSSR count). The van der Waals surface area contributed by atoms with Crippen molar-refractivity contribution >= 4 is 5.97 Å². The Hall–Kier alpha value is -2.03. The fourth-order valence-corrected chi connectivity index (χ4v) is 7.68. The van der Waals surface area contributed by atoms with Crippen molar-refractivity contribution in [2.45, 2.75) is 216 Å². The Bertz CT molecular complexity index is 1140. The number of benzene rings is 1. The van der Waals surface area contributed by atoms with Gasteiger partial charge in [0.2, 0.25) is 0 Å². The molecule has 1 aromatic carbocycles. The molecule has 0 bridgehead atoms. The fraction of sp³-hybridized carbons (Fsp3) is 0.766. The number of unbranched alkanes of at least 4 members (excludes halogenated alkanes) is 9. The van der Waals surface area contributed by atoms with Gasteiger partial charge in [0.25, 0.3) is 0 Å². The average Bonchev–Trinajstić information content (AvgIpc) is 3.07. The number of ether oxygens (including phenoxy) is 2. The van der Waals surface area contributed by atoms with Crippen LogP contribution in [0.1, 0.15) is 205 Å². The Kier molecular flexibility index (Phi) is 22.1. The monoisotopic (exact) mass is 693 g/mol. The van der Waals surface area contributed by atoms with Crippen LogP contribution in [-0.4, -0.2) is 11.6 Å². The zero-order valence-corrected chi connectivity index (χ0v) is 34.5. The minimum absolute atomic E-state index is 0.0975. The first-order valence-corrected chi connectivity index (χ1v) is 21.3. The summed E-state index contributed by atoms with van der Waals surface area (Å²) in [5.74, 6) is 4.20. The number of allylic oxidation sites excluding steroid dienone is 4. The van der Waals surface area contributed by atoms with E-state index in [-0.39, 0.29) is 11.6 Å². The molecule has 0 amide bonds. The molecule has 3 nitrogen and oxygen atoms in total. The summed E-state index contributed by atoms with van der Waals surface area (Å²) in [6.07, 6.45) is 36.6. The number of esters is 1. The number of carbonyl (C=O) groups excluding carboxylic acids is 1. The molecule has 1 aliphatic heterocycles. The van der Waals surface area contributed by atoms with E-state index in [1.807, 2.05) is 0 Å². The van der Waals surface area contributed by atoms with Crippen molar-refractivity contribution in [3.8, 4) is 11.5 Å². The Morgan fingerprint density at radius 2 is 1.28 bits per heavy atom. The number of carbonyl (C=O) groups is 1. The highest BCUT2D eigenvalue weighted by Crippen LogP contribution is 2.45. The summed E-state index contributed by atoms with van der Waals surface area (Å²) in [7, 11) is 0. The van der Waals surface area contributed by atoms with Crippen LogP contribution in [0.4, 0.5) is 0 Å². The van der Waals surface area contributed by atoms with E-state index in [0.29, 0.717) is 6.42 Å². The molecule has 0 fully saturated rings. The normalized spacial score (nSPS) is 17.4. The van der Waals surface area contributed by atoms with Crippen LogP contribution in [-0.2, 0) is 11.2 Å². The van der Waals surface area contributed by atoms with Crippen LogP contribution >= 0.6 is 0 Å². The number of rotatable bonds is 27. The first-order chi connectivity index (χ1) is 24.0. The van der Waals surface area contributed by atoms with E-state index in [1.165, 1.54) is 108 Å². The highest BCUT2D eigenvalue weighted by Gasteiger charge is 2.34. The van der Waals surface area contributed by atoms with E-state index in [2.05, 4.69) is 86.6 Å².